The van der Waals surface area contributed by atoms with Crippen LogP contribution in [0, 0.1) is 16.7 Å². The molecule has 1 aromatic carbocycles. The highest BCUT2D eigenvalue weighted by atomic mass is 35.5. The Bertz CT molecular complexity index is 1130. The third kappa shape index (κ3) is 3.61. The van der Waals surface area contributed by atoms with E-state index in [4.69, 9.17) is 38.3 Å². The normalized spacial score (nSPS) is 23.0. The smallest absolute Gasteiger partial charge is 0.154 e. The van der Waals surface area contributed by atoms with Crippen LogP contribution >= 0.6 is 35.0 Å². The Morgan fingerprint density at radius 2 is 2.06 bits per heavy atom. The number of piperidine rings is 1. The molecule has 3 aromatic rings. The lowest BCUT2D eigenvalue weighted by Crippen LogP contribution is -2.45. The summed E-state index contributed by atoms with van der Waals surface area (Å²) < 4.78 is 7.97. The number of nitrogens with zero attached hydrogens (tertiary/aromatic N) is 4. The van der Waals surface area contributed by atoms with Crippen molar-refractivity contribution in [2.75, 3.05) is 24.6 Å². The molecule has 0 aliphatic carbocycles. The maximum Gasteiger partial charge on any atom is 0.154 e. The number of ether oxygens (including phenoxy) is 1. The molecular formula is C22H23Cl2N5OS. The van der Waals surface area contributed by atoms with Crippen molar-refractivity contribution in [2.45, 2.75) is 35.8 Å². The van der Waals surface area contributed by atoms with E-state index >= 15 is 0 Å². The minimum absolute atomic E-state index is 0.0767. The molecule has 1 spiro atoms. The fourth-order valence-corrected chi connectivity index (χ4v) is 6.22. The average molecular weight is 476 g/mol. The van der Waals surface area contributed by atoms with Crippen molar-refractivity contribution in [1.29, 1.82) is 5.41 Å². The van der Waals surface area contributed by atoms with Gasteiger partial charge in [-0.3, -0.25) is 4.40 Å². The molecule has 0 amide bonds. The first-order chi connectivity index (χ1) is 15.0. The van der Waals surface area contributed by atoms with Gasteiger partial charge in [0.15, 0.2) is 5.82 Å². The van der Waals surface area contributed by atoms with Crippen molar-refractivity contribution in [2.24, 2.45) is 11.3 Å². The van der Waals surface area contributed by atoms with Crippen LogP contribution in [0.3, 0.4) is 0 Å². The van der Waals surface area contributed by atoms with Crippen LogP contribution in [0.5, 0.6) is 0 Å². The molecule has 2 aliphatic rings. The first-order valence-electron chi connectivity index (χ1n) is 10.3. The maximum absolute atomic E-state index is 7.87. The van der Waals surface area contributed by atoms with Gasteiger partial charge in [0.25, 0.3) is 0 Å². The van der Waals surface area contributed by atoms with Crippen molar-refractivity contribution >= 4 is 52.5 Å². The second-order valence-corrected chi connectivity index (χ2v) is 10.1. The predicted octanol–water partition coefficient (Wildman–Crippen LogP) is 5.46. The van der Waals surface area contributed by atoms with Crippen LogP contribution in [0.1, 0.15) is 19.8 Å². The summed E-state index contributed by atoms with van der Waals surface area (Å²) in [5.74, 6) is 1.13. The molecule has 0 saturated carbocycles. The summed E-state index contributed by atoms with van der Waals surface area (Å²) in [5, 5.41) is 9.88. The number of rotatable bonds is 4. The number of hydrogen-bond donors (Lipinski definition) is 1. The first-order valence-corrected chi connectivity index (χ1v) is 11.9. The van der Waals surface area contributed by atoms with Gasteiger partial charge in [-0.05, 0) is 31.9 Å². The Labute approximate surface area is 195 Å². The van der Waals surface area contributed by atoms with Crippen LogP contribution in [-0.4, -0.2) is 46.4 Å². The highest BCUT2D eigenvalue weighted by Gasteiger charge is 2.48. The first kappa shape index (κ1) is 21.1. The van der Waals surface area contributed by atoms with Gasteiger partial charge >= 0.3 is 0 Å². The molecule has 1 N–H and O–H groups in total. The predicted molar refractivity (Wildman–Crippen MR) is 125 cm³/mol. The summed E-state index contributed by atoms with van der Waals surface area (Å²) in [7, 11) is 0. The minimum Gasteiger partial charge on any atom is -0.377 e. The molecule has 162 valence electrons. The lowest BCUT2D eigenvalue weighted by Gasteiger charge is -2.41. The van der Waals surface area contributed by atoms with E-state index in [2.05, 4.69) is 21.2 Å². The van der Waals surface area contributed by atoms with Crippen LogP contribution in [0.2, 0.25) is 10.0 Å². The van der Waals surface area contributed by atoms with Crippen molar-refractivity contribution < 1.29 is 4.74 Å². The molecule has 31 heavy (non-hydrogen) atoms. The lowest BCUT2D eigenvalue weighted by molar-refractivity contribution is 0.0973. The summed E-state index contributed by atoms with van der Waals surface area (Å²) in [5.41, 5.74) is 1.05. The van der Waals surface area contributed by atoms with E-state index in [-0.39, 0.29) is 17.4 Å². The Balaban J connectivity index is 1.40. The van der Waals surface area contributed by atoms with Gasteiger partial charge in [-0.25, -0.2) is 9.97 Å². The van der Waals surface area contributed by atoms with Crippen LogP contribution in [0.15, 0.2) is 46.8 Å². The second kappa shape index (κ2) is 8.28. The van der Waals surface area contributed by atoms with Crippen LogP contribution < -0.4 is 4.90 Å². The molecule has 2 aliphatic heterocycles. The molecular weight excluding hydrogens is 453 g/mol. The highest BCUT2D eigenvalue weighted by Crippen LogP contribution is 2.46. The Morgan fingerprint density at radius 1 is 1.26 bits per heavy atom. The molecule has 0 radical (unpaired) electrons. The fraction of sp³-hybridized carbons (Fsp3) is 0.409. The van der Waals surface area contributed by atoms with E-state index in [0.29, 0.717) is 10.0 Å². The second-order valence-electron chi connectivity index (χ2n) is 8.28. The van der Waals surface area contributed by atoms with Crippen molar-refractivity contribution in [3.63, 3.8) is 0 Å². The number of fused-ring (bicyclic) bond motifs is 1. The van der Waals surface area contributed by atoms with Gasteiger partial charge in [0.05, 0.1) is 35.1 Å². The molecule has 0 unspecified atom stereocenters. The third-order valence-electron chi connectivity index (χ3n) is 6.62. The molecule has 2 saturated heterocycles. The number of nitrogens with one attached hydrogen (secondary N) is 1. The van der Waals surface area contributed by atoms with Crippen molar-refractivity contribution in [3.8, 4) is 0 Å². The van der Waals surface area contributed by atoms with Gasteiger partial charge in [0, 0.05) is 35.5 Å². The molecule has 2 atom stereocenters. The number of anilines is 1. The molecule has 0 bridgehead atoms. The number of benzene rings is 1. The van der Waals surface area contributed by atoms with Crippen LogP contribution in [0.4, 0.5) is 5.82 Å². The Kier molecular flexibility index (Phi) is 5.63. The van der Waals surface area contributed by atoms with Crippen molar-refractivity contribution in [1.82, 2.24) is 14.4 Å². The fourth-order valence-electron chi connectivity index (χ4n) is 4.82. The lowest BCUT2D eigenvalue weighted by atomic mass is 9.69. The van der Waals surface area contributed by atoms with Gasteiger partial charge in [-0.15, -0.1) is 0 Å². The standard InChI is InChI=1S/C22H23Cl2N5OS/c1-14-15(9-25)22(12-30-14)5-7-28(8-6-22)21-17-10-26-13-29(17)19(11-27-21)31-18-4-2-3-16(23)20(18)24/h2-4,9-11,13-15,25H,5-8,12H2,1H3/t14-,15+/m0/s1. The number of aromatic nitrogens is 3. The van der Waals surface area contributed by atoms with E-state index < -0.39 is 0 Å². The van der Waals surface area contributed by atoms with Gasteiger partial charge in [0.2, 0.25) is 0 Å². The topological polar surface area (TPSA) is 66.5 Å². The van der Waals surface area contributed by atoms with E-state index in [9.17, 15) is 0 Å². The maximum atomic E-state index is 7.87. The molecule has 5 rings (SSSR count). The zero-order valence-corrected chi connectivity index (χ0v) is 19.4. The summed E-state index contributed by atoms with van der Waals surface area (Å²) in [4.78, 5) is 12.4. The summed E-state index contributed by atoms with van der Waals surface area (Å²) in [6.45, 7) is 4.60. The van der Waals surface area contributed by atoms with E-state index in [1.807, 2.05) is 30.9 Å². The van der Waals surface area contributed by atoms with Gasteiger partial charge in [0.1, 0.15) is 16.9 Å². The Hall–Kier alpha value is -1.80. The van der Waals surface area contributed by atoms with Gasteiger partial charge in [-0.2, -0.15) is 0 Å². The summed E-state index contributed by atoms with van der Waals surface area (Å²) in [6, 6.07) is 5.62. The monoisotopic (exact) mass is 475 g/mol. The number of hydrogen-bond acceptors (Lipinski definition) is 6. The molecule has 6 nitrogen and oxygen atoms in total. The number of halogens is 2. The van der Waals surface area contributed by atoms with Gasteiger partial charge < -0.3 is 15.0 Å². The summed E-state index contributed by atoms with van der Waals surface area (Å²) >= 11 is 14.1. The number of imidazole rings is 1. The summed E-state index contributed by atoms with van der Waals surface area (Å²) in [6.07, 6.45) is 9.24. The zero-order valence-electron chi connectivity index (χ0n) is 17.1. The quantitative estimate of drug-likeness (QED) is 0.507. The molecule has 4 heterocycles. The van der Waals surface area contributed by atoms with Crippen molar-refractivity contribution in [3.05, 3.63) is 47.0 Å². The van der Waals surface area contributed by atoms with Crippen LogP contribution in [0.25, 0.3) is 5.52 Å². The average Bonchev–Trinajstić information content (AvgIpc) is 3.38. The third-order valence-corrected chi connectivity index (χ3v) is 8.62. The molecule has 2 fully saturated rings. The van der Waals surface area contributed by atoms with E-state index in [1.165, 1.54) is 11.8 Å². The zero-order chi connectivity index (χ0) is 21.6. The molecule has 9 heteroatoms. The van der Waals surface area contributed by atoms with Gasteiger partial charge in [-0.1, -0.05) is 41.0 Å². The highest BCUT2D eigenvalue weighted by molar-refractivity contribution is 7.99. The molecule has 2 aromatic heterocycles. The van der Waals surface area contributed by atoms with E-state index in [1.54, 1.807) is 12.3 Å². The SMILES string of the molecule is C[C@@H]1OCC2(CCN(c3ncc(Sc4cccc(Cl)c4Cl)n4cncc34)CC2)[C@@H]1C=N. The van der Waals surface area contributed by atoms with E-state index in [0.717, 1.165) is 53.8 Å². The minimum atomic E-state index is 0.0767. The largest absolute Gasteiger partial charge is 0.377 e. The van der Waals surface area contributed by atoms with Crippen LogP contribution in [-0.2, 0) is 4.74 Å². The Morgan fingerprint density at radius 3 is 2.84 bits per heavy atom.